The van der Waals surface area contributed by atoms with Gasteiger partial charge >= 0.3 is 5.97 Å². The molecule has 1 heterocycles. The number of nitrogens with zero attached hydrogens (tertiary/aromatic N) is 1. The Kier molecular flexibility index (Phi) is 6.51. The van der Waals surface area contributed by atoms with Gasteiger partial charge in [0.2, 0.25) is 0 Å². The molecule has 1 fully saturated rings. The third-order valence-electron chi connectivity index (χ3n) is 3.63. The van der Waals surface area contributed by atoms with E-state index in [2.05, 4.69) is 20.8 Å². The van der Waals surface area contributed by atoms with Crippen molar-refractivity contribution in [2.45, 2.75) is 32.2 Å². The van der Waals surface area contributed by atoms with E-state index in [1.807, 2.05) is 31.2 Å². The van der Waals surface area contributed by atoms with Crippen LogP contribution in [0.2, 0.25) is 0 Å². The zero-order valence-corrected chi connectivity index (χ0v) is 14.0. The number of hydrogen-bond acceptors (Lipinski definition) is 4. The van der Waals surface area contributed by atoms with Gasteiger partial charge in [-0.25, -0.2) is 0 Å². The minimum atomic E-state index is -0.104. The minimum absolute atomic E-state index is 0.0964. The van der Waals surface area contributed by atoms with Gasteiger partial charge < -0.3 is 9.47 Å². The van der Waals surface area contributed by atoms with Crippen LogP contribution in [0.4, 0.5) is 0 Å². The molecule has 0 aromatic heterocycles. The molecular formula is C16H22BrNO3. The second kappa shape index (κ2) is 8.39. The van der Waals surface area contributed by atoms with Crippen molar-refractivity contribution in [3.05, 3.63) is 28.7 Å². The SMILES string of the molecule is CCOC(=O)C1CCCCN1CCOc1ccc(Br)cc1. The molecule has 0 saturated carbocycles. The van der Waals surface area contributed by atoms with Crippen LogP contribution in [0.25, 0.3) is 0 Å². The topological polar surface area (TPSA) is 38.8 Å². The van der Waals surface area contributed by atoms with Gasteiger partial charge in [-0.1, -0.05) is 22.4 Å². The summed E-state index contributed by atoms with van der Waals surface area (Å²) in [7, 11) is 0. The Morgan fingerprint density at radius 3 is 2.81 bits per heavy atom. The van der Waals surface area contributed by atoms with Crippen molar-refractivity contribution < 1.29 is 14.3 Å². The van der Waals surface area contributed by atoms with Gasteiger partial charge in [0.25, 0.3) is 0 Å². The third kappa shape index (κ3) is 5.00. The van der Waals surface area contributed by atoms with Crippen LogP contribution < -0.4 is 4.74 Å². The van der Waals surface area contributed by atoms with Crippen LogP contribution in [0.3, 0.4) is 0 Å². The maximum atomic E-state index is 12.0. The molecule has 4 nitrogen and oxygen atoms in total. The Balaban J connectivity index is 1.82. The number of rotatable bonds is 6. The summed E-state index contributed by atoms with van der Waals surface area (Å²) in [5.74, 6) is 0.753. The summed E-state index contributed by atoms with van der Waals surface area (Å²) in [6.45, 7) is 4.56. The summed E-state index contributed by atoms with van der Waals surface area (Å²) in [4.78, 5) is 14.2. The molecule has 0 aliphatic carbocycles. The first-order valence-electron chi connectivity index (χ1n) is 7.49. The highest BCUT2D eigenvalue weighted by atomic mass is 79.9. The number of halogens is 1. The first kappa shape index (κ1) is 16.3. The molecular weight excluding hydrogens is 334 g/mol. The van der Waals surface area contributed by atoms with Crippen molar-refractivity contribution >= 4 is 21.9 Å². The largest absolute Gasteiger partial charge is 0.492 e. The number of likely N-dealkylation sites (tertiary alicyclic amines) is 1. The maximum Gasteiger partial charge on any atom is 0.323 e. The van der Waals surface area contributed by atoms with Gasteiger partial charge in [-0.15, -0.1) is 0 Å². The van der Waals surface area contributed by atoms with E-state index in [0.29, 0.717) is 13.2 Å². The molecule has 0 amide bonds. The van der Waals surface area contributed by atoms with Crippen LogP contribution in [0, 0.1) is 0 Å². The highest BCUT2D eigenvalue weighted by molar-refractivity contribution is 9.10. The van der Waals surface area contributed by atoms with Gasteiger partial charge in [0.15, 0.2) is 0 Å². The molecule has 21 heavy (non-hydrogen) atoms. The zero-order chi connectivity index (χ0) is 15.1. The number of hydrogen-bond donors (Lipinski definition) is 0. The van der Waals surface area contributed by atoms with E-state index < -0.39 is 0 Å². The van der Waals surface area contributed by atoms with E-state index in [1.165, 1.54) is 0 Å². The molecule has 0 spiro atoms. The Bertz CT molecular complexity index is 449. The number of piperidine rings is 1. The smallest absolute Gasteiger partial charge is 0.323 e. The molecule has 1 aliphatic rings. The number of carbonyl (C=O) groups excluding carboxylic acids is 1. The predicted octanol–water partition coefficient (Wildman–Crippen LogP) is 3.25. The number of esters is 1. The summed E-state index contributed by atoms with van der Waals surface area (Å²) in [5, 5.41) is 0. The molecule has 5 heteroatoms. The molecule has 1 aliphatic heterocycles. The van der Waals surface area contributed by atoms with Gasteiger partial charge in [-0.3, -0.25) is 9.69 Å². The lowest BCUT2D eigenvalue weighted by Crippen LogP contribution is -2.47. The molecule has 1 aromatic rings. The van der Waals surface area contributed by atoms with Crippen LogP contribution >= 0.6 is 15.9 Å². The van der Waals surface area contributed by atoms with Gasteiger partial charge in [0, 0.05) is 11.0 Å². The van der Waals surface area contributed by atoms with Gasteiger partial charge in [-0.2, -0.15) is 0 Å². The van der Waals surface area contributed by atoms with Gasteiger partial charge in [-0.05, 0) is 50.6 Å². The maximum absolute atomic E-state index is 12.0. The molecule has 0 radical (unpaired) electrons. The highest BCUT2D eigenvalue weighted by Gasteiger charge is 2.29. The fourth-order valence-corrected chi connectivity index (χ4v) is 2.84. The van der Waals surface area contributed by atoms with E-state index in [9.17, 15) is 4.79 Å². The average Bonchev–Trinajstić information content (AvgIpc) is 2.50. The Labute approximate surface area is 134 Å². The van der Waals surface area contributed by atoms with Crippen LogP contribution in [0.15, 0.2) is 28.7 Å². The van der Waals surface area contributed by atoms with Crippen LogP contribution in [0.1, 0.15) is 26.2 Å². The van der Waals surface area contributed by atoms with Crippen molar-refractivity contribution in [2.75, 3.05) is 26.3 Å². The molecule has 2 rings (SSSR count). The minimum Gasteiger partial charge on any atom is -0.492 e. The normalized spacial score (nSPS) is 19.2. The standard InChI is InChI=1S/C16H22BrNO3/c1-2-20-16(19)15-5-3-4-10-18(15)11-12-21-14-8-6-13(17)7-9-14/h6-9,15H,2-5,10-12H2,1H3. The second-order valence-electron chi connectivity index (χ2n) is 5.10. The third-order valence-corrected chi connectivity index (χ3v) is 4.16. The Morgan fingerprint density at radius 1 is 1.33 bits per heavy atom. The molecule has 0 N–H and O–H groups in total. The molecule has 1 unspecified atom stereocenters. The number of carbonyl (C=O) groups is 1. The van der Waals surface area contributed by atoms with Crippen molar-refractivity contribution in [2.24, 2.45) is 0 Å². The average molecular weight is 356 g/mol. The summed E-state index contributed by atoms with van der Waals surface area (Å²) >= 11 is 3.40. The number of ether oxygens (including phenoxy) is 2. The first-order valence-corrected chi connectivity index (χ1v) is 8.29. The predicted molar refractivity (Wildman–Crippen MR) is 85.5 cm³/mol. The quantitative estimate of drug-likeness (QED) is 0.734. The molecule has 1 saturated heterocycles. The summed E-state index contributed by atoms with van der Waals surface area (Å²) in [5.41, 5.74) is 0. The van der Waals surface area contributed by atoms with Crippen molar-refractivity contribution in [3.63, 3.8) is 0 Å². The van der Waals surface area contributed by atoms with Crippen molar-refractivity contribution in [1.82, 2.24) is 4.90 Å². The van der Waals surface area contributed by atoms with E-state index in [1.54, 1.807) is 0 Å². The van der Waals surface area contributed by atoms with E-state index in [4.69, 9.17) is 9.47 Å². The lowest BCUT2D eigenvalue weighted by atomic mass is 10.0. The fourth-order valence-electron chi connectivity index (χ4n) is 2.58. The fraction of sp³-hybridized carbons (Fsp3) is 0.562. The molecule has 1 atom stereocenters. The molecule has 116 valence electrons. The number of benzene rings is 1. The summed E-state index contributed by atoms with van der Waals surface area (Å²) in [6, 6.07) is 7.67. The van der Waals surface area contributed by atoms with Gasteiger partial charge in [0.1, 0.15) is 18.4 Å². The monoisotopic (exact) mass is 355 g/mol. The van der Waals surface area contributed by atoms with Crippen molar-refractivity contribution in [3.8, 4) is 5.75 Å². The van der Waals surface area contributed by atoms with E-state index >= 15 is 0 Å². The second-order valence-corrected chi connectivity index (χ2v) is 6.02. The van der Waals surface area contributed by atoms with Crippen LogP contribution in [0.5, 0.6) is 5.75 Å². The summed E-state index contributed by atoms with van der Waals surface area (Å²) < 4.78 is 11.9. The molecule has 1 aromatic carbocycles. The van der Waals surface area contributed by atoms with Crippen LogP contribution in [-0.4, -0.2) is 43.2 Å². The van der Waals surface area contributed by atoms with Gasteiger partial charge in [0.05, 0.1) is 6.61 Å². The Morgan fingerprint density at radius 2 is 2.10 bits per heavy atom. The molecule has 0 bridgehead atoms. The highest BCUT2D eigenvalue weighted by Crippen LogP contribution is 2.19. The van der Waals surface area contributed by atoms with Crippen molar-refractivity contribution in [1.29, 1.82) is 0 Å². The lowest BCUT2D eigenvalue weighted by Gasteiger charge is -2.33. The van der Waals surface area contributed by atoms with E-state index in [-0.39, 0.29) is 12.0 Å². The lowest BCUT2D eigenvalue weighted by molar-refractivity contribution is -0.151. The van der Waals surface area contributed by atoms with E-state index in [0.717, 1.165) is 42.6 Å². The first-order chi connectivity index (χ1) is 10.2. The van der Waals surface area contributed by atoms with Crippen LogP contribution in [-0.2, 0) is 9.53 Å². The zero-order valence-electron chi connectivity index (χ0n) is 12.4. The Hall–Kier alpha value is -1.07. The summed E-state index contributed by atoms with van der Waals surface area (Å²) in [6.07, 6.45) is 3.11.